The van der Waals surface area contributed by atoms with Crippen molar-refractivity contribution in [3.05, 3.63) is 18.0 Å². The van der Waals surface area contributed by atoms with Gasteiger partial charge in [-0.05, 0) is 12.5 Å². The molecule has 110 valence electrons. The Morgan fingerprint density at radius 2 is 2.15 bits per heavy atom. The van der Waals surface area contributed by atoms with Gasteiger partial charge in [-0.3, -0.25) is 9.59 Å². The quantitative estimate of drug-likeness (QED) is 0.701. The highest BCUT2D eigenvalue weighted by Gasteiger charge is 2.24. The number of aromatic nitrogens is 1. The Bertz CT molecular complexity index is 649. The van der Waals surface area contributed by atoms with Crippen LogP contribution in [-0.4, -0.2) is 49.3 Å². The van der Waals surface area contributed by atoms with Crippen LogP contribution in [0.3, 0.4) is 0 Å². The fraction of sp³-hybridized carbons (Fsp3) is 0.455. The first kappa shape index (κ1) is 14.5. The summed E-state index contributed by atoms with van der Waals surface area (Å²) < 4.78 is 24.0. The van der Waals surface area contributed by atoms with Crippen LogP contribution in [0.25, 0.3) is 0 Å². The molecule has 2 heterocycles. The Labute approximate surface area is 116 Å². The molecule has 0 saturated carbocycles. The van der Waals surface area contributed by atoms with Gasteiger partial charge in [0.15, 0.2) is 0 Å². The van der Waals surface area contributed by atoms with Crippen molar-refractivity contribution in [1.82, 2.24) is 14.8 Å². The van der Waals surface area contributed by atoms with Crippen LogP contribution in [-0.2, 0) is 21.9 Å². The standard InChI is InChI=1S/C11H16N4O4S/c1-14-6-8(20(12,18)19)5-9(14)11(17)15-4-2-3-13-10(16)7-15/h5-6H,2-4,7H2,1H3,(H,13,16)(H2,12,18,19). The summed E-state index contributed by atoms with van der Waals surface area (Å²) in [7, 11) is -2.30. The minimum absolute atomic E-state index is 0.0330. The summed E-state index contributed by atoms with van der Waals surface area (Å²) in [6.45, 7) is 0.931. The van der Waals surface area contributed by atoms with Gasteiger partial charge in [0.1, 0.15) is 10.6 Å². The van der Waals surface area contributed by atoms with E-state index in [1.165, 1.54) is 21.7 Å². The second kappa shape index (κ2) is 5.25. The van der Waals surface area contributed by atoms with Gasteiger partial charge in [0, 0.05) is 26.3 Å². The van der Waals surface area contributed by atoms with Gasteiger partial charge in [-0.1, -0.05) is 0 Å². The molecular weight excluding hydrogens is 284 g/mol. The molecule has 0 atom stereocenters. The average Bonchev–Trinajstić information content (AvgIpc) is 2.60. The van der Waals surface area contributed by atoms with Gasteiger partial charge in [0.25, 0.3) is 5.91 Å². The first-order chi connectivity index (χ1) is 9.29. The number of nitrogens with one attached hydrogen (secondary N) is 1. The maximum atomic E-state index is 12.3. The monoisotopic (exact) mass is 300 g/mol. The van der Waals surface area contributed by atoms with E-state index >= 15 is 0 Å². The molecule has 0 spiro atoms. The van der Waals surface area contributed by atoms with Gasteiger partial charge in [0.05, 0.1) is 6.54 Å². The highest BCUT2D eigenvalue weighted by atomic mass is 32.2. The Kier molecular flexibility index (Phi) is 3.82. The molecule has 1 aliphatic rings. The third kappa shape index (κ3) is 2.99. The van der Waals surface area contributed by atoms with Gasteiger partial charge in [0.2, 0.25) is 15.9 Å². The molecule has 3 N–H and O–H groups in total. The van der Waals surface area contributed by atoms with E-state index in [-0.39, 0.29) is 28.9 Å². The van der Waals surface area contributed by atoms with E-state index < -0.39 is 10.0 Å². The van der Waals surface area contributed by atoms with Crippen molar-refractivity contribution in [2.24, 2.45) is 12.2 Å². The van der Waals surface area contributed by atoms with E-state index in [2.05, 4.69) is 5.32 Å². The molecule has 8 nitrogen and oxygen atoms in total. The normalized spacial score (nSPS) is 16.7. The number of nitrogens with two attached hydrogens (primary N) is 1. The number of nitrogens with zero attached hydrogens (tertiary/aromatic N) is 2. The molecule has 1 aromatic heterocycles. The molecule has 1 aromatic rings. The van der Waals surface area contributed by atoms with Gasteiger partial charge >= 0.3 is 0 Å². The van der Waals surface area contributed by atoms with Gasteiger partial charge in [-0.15, -0.1) is 0 Å². The van der Waals surface area contributed by atoms with Crippen LogP contribution in [0.5, 0.6) is 0 Å². The van der Waals surface area contributed by atoms with E-state index in [4.69, 9.17) is 5.14 Å². The first-order valence-corrected chi connectivity index (χ1v) is 7.59. The van der Waals surface area contributed by atoms with Gasteiger partial charge in [-0.2, -0.15) is 0 Å². The summed E-state index contributed by atoms with van der Waals surface area (Å²) in [6.07, 6.45) is 1.93. The fourth-order valence-electron chi connectivity index (χ4n) is 2.04. The average molecular weight is 300 g/mol. The lowest BCUT2D eigenvalue weighted by molar-refractivity contribution is -0.121. The van der Waals surface area contributed by atoms with Crippen LogP contribution in [0, 0.1) is 0 Å². The molecule has 2 rings (SSSR count). The maximum Gasteiger partial charge on any atom is 0.270 e. The molecule has 1 saturated heterocycles. The van der Waals surface area contributed by atoms with E-state index in [0.717, 1.165) is 0 Å². The number of hydrogen-bond donors (Lipinski definition) is 2. The Morgan fingerprint density at radius 3 is 2.75 bits per heavy atom. The zero-order valence-electron chi connectivity index (χ0n) is 11.0. The Morgan fingerprint density at radius 1 is 1.45 bits per heavy atom. The molecule has 20 heavy (non-hydrogen) atoms. The minimum Gasteiger partial charge on any atom is -0.354 e. The SMILES string of the molecule is Cn1cc(S(N)(=O)=O)cc1C(=O)N1CCCNC(=O)C1. The van der Waals surface area contributed by atoms with Crippen molar-refractivity contribution in [3.8, 4) is 0 Å². The van der Waals surface area contributed by atoms with Crippen molar-refractivity contribution < 1.29 is 18.0 Å². The van der Waals surface area contributed by atoms with Crippen LogP contribution in [0.4, 0.5) is 0 Å². The third-order valence-electron chi connectivity index (χ3n) is 3.08. The van der Waals surface area contributed by atoms with Crippen molar-refractivity contribution in [3.63, 3.8) is 0 Å². The third-order valence-corrected chi connectivity index (χ3v) is 3.96. The highest BCUT2D eigenvalue weighted by Crippen LogP contribution is 2.14. The lowest BCUT2D eigenvalue weighted by atomic mass is 10.3. The van der Waals surface area contributed by atoms with Gasteiger partial charge in [-0.25, -0.2) is 13.6 Å². The Hall–Kier alpha value is -1.87. The van der Waals surface area contributed by atoms with Crippen LogP contribution < -0.4 is 10.5 Å². The zero-order chi connectivity index (χ0) is 14.9. The summed E-state index contributed by atoms with van der Waals surface area (Å²) in [5.74, 6) is -0.615. The molecule has 0 aliphatic carbocycles. The number of amides is 2. The molecule has 1 fully saturated rings. The van der Waals surface area contributed by atoms with Crippen molar-refractivity contribution in [1.29, 1.82) is 0 Å². The fourth-order valence-corrected chi connectivity index (χ4v) is 2.62. The molecule has 1 aliphatic heterocycles. The van der Waals surface area contributed by atoms with Crippen LogP contribution in [0.1, 0.15) is 16.9 Å². The second-order valence-corrected chi connectivity index (χ2v) is 6.21. The minimum atomic E-state index is -3.86. The van der Waals surface area contributed by atoms with Gasteiger partial charge < -0.3 is 14.8 Å². The summed E-state index contributed by atoms with van der Waals surface area (Å²) in [5.41, 5.74) is 0.184. The van der Waals surface area contributed by atoms with E-state index in [0.29, 0.717) is 19.5 Å². The number of aryl methyl sites for hydroxylation is 1. The van der Waals surface area contributed by atoms with Crippen molar-refractivity contribution in [2.45, 2.75) is 11.3 Å². The smallest absolute Gasteiger partial charge is 0.270 e. The zero-order valence-corrected chi connectivity index (χ0v) is 11.8. The molecule has 0 bridgehead atoms. The summed E-state index contributed by atoms with van der Waals surface area (Å²) in [6, 6.07) is 1.22. The highest BCUT2D eigenvalue weighted by molar-refractivity contribution is 7.89. The van der Waals surface area contributed by atoms with Crippen molar-refractivity contribution >= 4 is 21.8 Å². The largest absolute Gasteiger partial charge is 0.354 e. The van der Waals surface area contributed by atoms with Crippen LogP contribution >= 0.6 is 0 Å². The lowest BCUT2D eigenvalue weighted by Crippen LogP contribution is -2.38. The number of sulfonamides is 1. The van der Waals surface area contributed by atoms with E-state index in [1.807, 2.05) is 0 Å². The van der Waals surface area contributed by atoms with E-state index in [9.17, 15) is 18.0 Å². The number of carbonyl (C=O) groups is 2. The summed E-state index contributed by atoms with van der Waals surface area (Å²) >= 11 is 0. The number of carbonyl (C=O) groups excluding carboxylic acids is 2. The van der Waals surface area contributed by atoms with Crippen LogP contribution in [0.2, 0.25) is 0 Å². The van der Waals surface area contributed by atoms with Crippen molar-refractivity contribution in [2.75, 3.05) is 19.6 Å². The topological polar surface area (TPSA) is 114 Å². The molecule has 0 unspecified atom stereocenters. The maximum absolute atomic E-state index is 12.3. The Balaban J connectivity index is 2.29. The van der Waals surface area contributed by atoms with E-state index in [1.54, 1.807) is 7.05 Å². The molecule has 0 aromatic carbocycles. The predicted octanol–water partition coefficient (Wildman–Crippen LogP) is -1.37. The number of hydrogen-bond acceptors (Lipinski definition) is 4. The second-order valence-electron chi connectivity index (χ2n) is 4.65. The lowest BCUT2D eigenvalue weighted by Gasteiger charge is -2.19. The number of primary sulfonamides is 1. The van der Waals surface area contributed by atoms with Crippen LogP contribution in [0.15, 0.2) is 17.2 Å². The summed E-state index contributed by atoms with van der Waals surface area (Å²) in [5, 5.41) is 7.70. The summed E-state index contributed by atoms with van der Waals surface area (Å²) in [4.78, 5) is 25.1. The molecule has 0 radical (unpaired) electrons. The first-order valence-electron chi connectivity index (χ1n) is 6.04. The molecular formula is C11H16N4O4S. The predicted molar refractivity (Wildman–Crippen MR) is 70.3 cm³/mol. The number of rotatable bonds is 2. The molecule has 2 amide bonds. The molecule has 9 heteroatoms.